The number of pyridine rings is 1. The van der Waals surface area contributed by atoms with Crippen molar-refractivity contribution in [2.24, 2.45) is 5.92 Å². The summed E-state index contributed by atoms with van der Waals surface area (Å²) in [7, 11) is 1.77. The highest BCUT2D eigenvalue weighted by atomic mass is 16.6. The lowest BCUT2D eigenvalue weighted by molar-refractivity contribution is -0.166. The molecular formula is C35H39N3O9. The molecule has 3 heterocycles. The summed E-state index contributed by atoms with van der Waals surface area (Å²) in [4.78, 5) is 31.1. The molecule has 248 valence electrons. The average Bonchev–Trinajstić information content (AvgIpc) is 3.05. The summed E-state index contributed by atoms with van der Waals surface area (Å²) in [5.41, 5.74) is 5.70. The molecule has 1 aliphatic rings. The fraction of sp³-hybridized carbons (Fsp3) is 0.343. The number of aromatic nitrogens is 1. The van der Waals surface area contributed by atoms with Crippen LogP contribution in [0.2, 0.25) is 0 Å². The number of nitrogens with one attached hydrogen (secondary N) is 1. The number of hydrogen-bond acceptors (Lipinski definition) is 12. The van der Waals surface area contributed by atoms with Gasteiger partial charge in [-0.3, -0.25) is 4.79 Å². The molecule has 3 atom stereocenters. The van der Waals surface area contributed by atoms with Gasteiger partial charge in [-0.1, -0.05) is 24.3 Å². The highest BCUT2D eigenvalue weighted by Crippen LogP contribution is 2.52. The van der Waals surface area contributed by atoms with Crippen molar-refractivity contribution in [1.29, 1.82) is 0 Å². The Bertz CT molecular complexity index is 1870. The third-order valence-electron chi connectivity index (χ3n) is 8.76. The van der Waals surface area contributed by atoms with Gasteiger partial charge in [0.25, 0.3) is 0 Å². The van der Waals surface area contributed by atoms with Crippen LogP contribution in [-0.4, -0.2) is 63.3 Å². The monoisotopic (exact) mass is 645 g/mol. The van der Waals surface area contributed by atoms with Gasteiger partial charge in [-0.05, 0) is 69.6 Å². The zero-order valence-electron chi connectivity index (χ0n) is 26.4. The van der Waals surface area contributed by atoms with Crippen molar-refractivity contribution in [1.82, 2.24) is 10.3 Å². The summed E-state index contributed by atoms with van der Waals surface area (Å²) in [6, 6.07) is 10.7. The number of aromatic hydroxyl groups is 2. The van der Waals surface area contributed by atoms with Gasteiger partial charge in [0.2, 0.25) is 0 Å². The molecule has 7 N–H and O–H groups in total. The molecule has 5 rings (SSSR count). The molecule has 0 bridgehead atoms. The first kappa shape index (κ1) is 33.5. The normalized spacial score (nSPS) is 18.4. The Kier molecular flexibility index (Phi) is 9.85. The Morgan fingerprint density at radius 2 is 2.02 bits per heavy atom. The van der Waals surface area contributed by atoms with E-state index in [1.165, 1.54) is 12.1 Å². The van der Waals surface area contributed by atoms with Crippen molar-refractivity contribution in [3.63, 3.8) is 0 Å². The van der Waals surface area contributed by atoms with E-state index in [-0.39, 0.29) is 58.8 Å². The molecule has 2 aromatic heterocycles. The van der Waals surface area contributed by atoms with Crippen LogP contribution in [0.15, 0.2) is 69.5 Å². The predicted molar refractivity (Wildman–Crippen MR) is 175 cm³/mol. The Labute approximate surface area is 271 Å². The van der Waals surface area contributed by atoms with Gasteiger partial charge < -0.3 is 45.4 Å². The minimum Gasteiger partial charge on any atom is -0.508 e. The minimum atomic E-state index is -1.42. The number of nitrogens with zero attached hydrogens (tertiary/aromatic N) is 1. The van der Waals surface area contributed by atoms with Gasteiger partial charge in [0, 0.05) is 35.7 Å². The largest absolute Gasteiger partial charge is 0.508 e. The highest BCUT2D eigenvalue weighted by molar-refractivity contribution is 6.01. The predicted octanol–water partition coefficient (Wildman–Crippen LogP) is 3.35. The first-order valence-corrected chi connectivity index (χ1v) is 15.3. The van der Waals surface area contributed by atoms with E-state index in [0.29, 0.717) is 29.9 Å². The maximum atomic E-state index is 13.6. The zero-order valence-corrected chi connectivity index (χ0v) is 26.4. The number of nitrogens with two attached hydrogens (primary N) is 1. The summed E-state index contributed by atoms with van der Waals surface area (Å²) < 4.78 is 18.9. The number of rotatable bonds is 11. The lowest BCUT2D eigenvalue weighted by Crippen LogP contribution is -2.57. The van der Waals surface area contributed by atoms with Crippen LogP contribution in [-0.2, 0) is 29.0 Å². The van der Waals surface area contributed by atoms with Crippen LogP contribution in [0.1, 0.15) is 37.2 Å². The molecule has 0 fully saturated rings. The molecule has 0 saturated heterocycles. The number of aliphatic hydroxyl groups excluding tert-OH is 2. The molecule has 1 aliphatic heterocycles. The first-order valence-electron chi connectivity index (χ1n) is 15.3. The van der Waals surface area contributed by atoms with Gasteiger partial charge in [-0.2, -0.15) is 0 Å². The summed E-state index contributed by atoms with van der Waals surface area (Å²) >= 11 is 0. The summed E-state index contributed by atoms with van der Waals surface area (Å²) in [6.07, 6.45) is 2.79. The van der Waals surface area contributed by atoms with E-state index in [9.17, 15) is 30.0 Å². The van der Waals surface area contributed by atoms with Crippen LogP contribution in [0.3, 0.4) is 0 Å². The Morgan fingerprint density at radius 1 is 1.23 bits per heavy atom. The number of allylic oxidation sites excluding steroid dienone is 1. The molecule has 0 spiro atoms. The summed E-state index contributed by atoms with van der Waals surface area (Å²) in [6.45, 7) is 3.02. The molecule has 47 heavy (non-hydrogen) atoms. The molecule has 0 amide bonds. The number of esters is 1. The number of carbonyl (C=O) groups excluding carboxylic acids is 1. The van der Waals surface area contributed by atoms with E-state index in [0.717, 1.165) is 11.6 Å². The lowest BCUT2D eigenvalue weighted by Gasteiger charge is -2.46. The fourth-order valence-electron chi connectivity index (χ4n) is 6.06. The van der Waals surface area contributed by atoms with Crippen molar-refractivity contribution >= 4 is 22.8 Å². The third kappa shape index (κ3) is 6.53. The standard InChI is InChI=1S/C35H39N3O9/c1-4-20(10-11-37-3)34(44)46-27-15-25-31(43)30-26(42)14-24(18-40)45-33(30)29(21-6-5-7-23(41)13-21)32(25)47-35(27,2)22(17-39)12-19-8-9-28(36)38-16-19/h4-9,13-14,16,22,27,37,39-41,43H,10-12,15,17-18H2,1-3H3,(H2,36,38). The SMILES string of the molecule is CC=C(CCNC)C(=O)OC1Cc2c(c(-c3cccc(O)c3)c3oc(CO)cc(=O)c3c2O)OC1(C)C(CO)Cc1ccc(N)nc1. The fourth-order valence-corrected chi connectivity index (χ4v) is 6.06. The number of phenolic OH excluding ortho intramolecular Hbond substituents is 2. The van der Waals surface area contributed by atoms with Crippen molar-refractivity contribution < 1.29 is 39.1 Å². The quantitative estimate of drug-likeness (QED) is 0.103. The number of phenols is 2. The first-order chi connectivity index (χ1) is 22.5. The van der Waals surface area contributed by atoms with E-state index in [4.69, 9.17) is 19.6 Å². The van der Waals surface area contributed by atoms with E-state index < -0.39 is 41.4 Å². The molecule has 12 nitrogen and oxygen atoms in total. The number of hydrogen-bond donors (Lipinski definition) is 6. The van der Waals surface area contributed by atoms with Gasteiger partial charge in [-0.15, -0.1) is 0 Å². The Balaban J connectivity index is 1.75. The Morgan fingerprint density at radius 3 is 2.66 bits per heavy atom. The molecular weight excluding hydrogens is 606 g/mol. The van der Waals surface area contributed by atoms with Crippen LogP contribution in [0, 0.1) is 5.92 Å². The van der Waals surface area contributed by atoms with E-state index in [2.05, 4.69) is 10.3 Å². The number of carbonyl (C=O) groups is 1. The van der Waals surface area contributed by atoms with Crippen LogP contribution >= 0.6 is 0 Å². The van der Waals surface area contributed by atoms with E-state index in [1.807, 2.05) is 0 Å². The zero-order chi connectivity index (χ0) is 33.9. The third-order valence-corrected chi connectivity index (χ3v) is 8.76. The van der Waals surface area contributed by atoms with Crippen LogP contribution < -0.4 is 21.2 Å². The average molecular weight is 646 g/mol. The number of nitrogen functional groups attached to an aromatic ring is 1. The topological polar surface area (TPSA) is 198 Å². The van der Waals surface area contributed by atoms with Gasteiger partial charge in [0.05, 0.1) is 12.2 Å². The number of fused-ring (bicyclic) bond motifs is 2. The van der Waals surface area contributed by atoms with Crippen LogP contribution in [0.25, 0.3) is 22.1 Å². The molecule has 2 aromatic carbocycles. The highest BCUT2D eigenvalue weighted by Gasteiger charge is 2.51. The molecule has 0 saturated carbocycles. The smallest absolute Gasteiger partial charge is 0.334 e. The van der Waals surface area contributed by atoms with Crippen molar-refractivity contribution in [2.45, 2.75) is 51.4 Å². The summed E-state index contributed by atoms with van der Waals surface area (Å²) in [5, 5.41) is 45.6. The lowest BCUT2D eigenvalue weighted by atomic mass is 9.76. The molecule has 3 unspecified atom stereocenters. The van der Waals surface area contributed by atoms with Crippen molar-refractivity contribution in [3.05, 3.63) is 87.4 Å². The minimum absolute atomic E-state index is 0.0434. The van der Waals surface area contributed by atoms with Crippen LogP contribution in [0.4, 0.5) is 5.82 Å². The van der Waals surface area contributed by atoms with Gasteiger partial charge >= 0.3 is 5.97 Å². The van der Waals surface area contributed by atoms with Gasteiger partial charge in [0.15, 0.2) is 11.0 Å². The second-order valence-electron chi connectivity index (χ2n) is 11.7. The Hall–Kier alpha value is -4.91. The van der Waals surface area contributed by atoms with E-state index in [1.54, 1.807) is 57.4 Å². The van der Waals surface area contributed by atoms with Crippen molar-refractivity contribution in [3.8, 4) is 28.4 Å². The maximum absolute atomic E-state index is 13.6. The molecule has 0 aliphatic carbocycles. The molecule has 0 radical (unpaired) electrons. The van der Waals surface area contributed by atoms with Gasteiger partial charge in [0.1, 0.15) is 52.5 Å². The maximum Gasteiger partial charge on any atom is 0.334 e. The second kappa shape index (κ2) is 13.8. The van der Waals surface area contributed by atoms with Crippen LogP contribution in [0.5, 0.6) is 17.2 Å². The molecule has 4 aromatic rings. The summed E-state index contributed by atoms with van der Waals surface area (Å²) in [5.74, 6) is -1.37. The second-order valence-corrected chi connectivity index (χ2v) is 11.7. The number of ether oxygens (including phenoxy) is 2. The number of benzene rings is 2. The van der Waals surface area contributed by atoms with Crippen molar-refractivity contribution in [2.75, 3.05) is 25.9 Å². The number of aliphatic hydroxyl groups is 2. The van der Waals surface area contributed by atoms with E-state index >= 15 is 0 Å². The van der Waals surface area contributed by atoms with Gasteiger partial charge in [-0.25, -0.2) is 9.78 Å². The number of anilines is 1. The molecule has 12 heteroatoms.